The van der Waals surface area contributed by atoms with Gasteiger partial charge in [-0.1, -0.05) is 11.6 Å². The van der Waals surface area contributed by atoms with E-state index < -0.39 is 5.82 Å². The van der Waals surface area contributed by atoms with Gasteiger partial charge >= 0.3 is 0 Å². The van der Waals surface area contributed by atoms with Crippen molar-refractivity contribution in [3.05, 3.63) is 32.1 Å². The van der Waals surface area contributed by atoms with Gasteiger partial charge in [0.1, 0.15) is 5.82 Å². The van der Waals surface area contributed by atoms with Crippen molar-refractivity contribution >= 4 is 52.5 Å². The molecule has 1 aromatic rings. The van der Waals surface area contributed by atoms with E-state index in [1.165, 1.54) is 12.1 Å². The van der Waals surface area contributed by atoms with Crippen LogP contribution in [0.1, 0.15) is 16.8 Å². The molecule has 18 heavy (non-hydrogen) atoms. The molecule has 1 aliphatic heterocycles. The van der Waals surface area contributed by atoms with Crippen LogP contribution >= 0.6 is 46.6 Å². The summed E-state index contributed by atoms with van der Waals surface area (Å²) in [6.45, 7) is 1.16. The van der Waals surface area contributed by atoms with E-state index in [2.05, 4.69) is 0 Å². The summed E-state index contributed by atoms with van der Waals surface area (Å²) in [6.07, 6.45) is 0.793. The Balaban J connectivity index is 0.00000162. The van der Waals surface area contributed by atoms with Crippen LogP contribution in [0.5, 0.6) is 0 Å². The summed E-state index contributed by atoms with van der Waals surface area (Å²) in [5.74, 6) is -0.592. The molecule has 1 saturated heterocycles. The second kappa shape index (κ2) is 6.36. The minimum Gasteiger partial charge on any atom is -0.337 e. The molecule has 2 N–H and O–H groups in total. The van der Waals surface area contributed by atoms with Gasteiger partial charge in [0.2, 0.25) is 0 Å². The van der Waals surface area contributed by atoms with Crippen LogP contribution in [0.3, 0.4) is 0 Å². The number of hydrogen-bond acceptors (Lipinski definition) is 2. The minimum atomic E-state index is -0.412. The number of likely N-dealkylation sites (tertiary alicyclic amines) is 1. The van der Waals surface area contributed by atoms with Gasteiger partial charge in [-0.25, -0.2) is 4.39 Å². The molecule has 2 rings (SSSR count). The number of nitrogens with zero attached hydrogens (tertiary/aromatic N) is 1. The van der Waals surface area contributed by atoms with Gasteiger partial charge in [0.15, 0.2) is 0 Å². The number of benzene rings is 1. The lowest BCUT2D eigenvalue weighted by Crippen LogP contribution is -2.32. The number of amides is 1. The van der Waals surface area contributed by atoms with Gasteiger partial charge < -0.3 is 10.6 Å². The Hall–Kier alpha value is -0.110. The van der Waals surface area contributed by atoms with Crippen molar-refractivity contribution in [3.63, 3.8) is 0 Å². The van der Waals surface area contributed by atoms with Crippen molar-refractivity contribution in [2.24, 2.45) is 5.73 Å². The molecule has 1 amide bonds. The van der Waals surface area contributed by atoms with E-state index in [-0.39, 0.29) is 29.4 Å². The number of rotatable bonds is 1. The second-order valence-corrected chi connectivity index (χ2v) is 5.62. The van der Waals surface area contributed by atoms with Crippen molar-refractivity contribution in [1.82, 2.24) is 4.90 Å². The summed E-state index contributed by atoms with van der Waals surface area (Å²) >= 11 is 7.73. The topological polar surface area (TPSA) is 46.3 Å². The number of hydrogen-bond donors (Lipinski definition) is 1. The fourth-order valence-corrected chi connectivity index (χ4v) is 2.53. The lowest BCUT2D eigenvalue weighted by molar-refractivity contribution is 0.0791. The smallest absolute Gasteiger partial charge is 0.255 e. The average molecular weight is 405 g/mol. The van der Waals surface area contributed by atoms with E-state index in [4.69, 9.17) is 17.3 Å². The van der Waals surface area contributed by atoms with Crippen molar-refractivity contribution in [1.29, 1.82) is 0 Å². The van der Waals surface area contributed by atoms with Gasteiger partial charge in [0.05, 0.1) is 10.6 Å². The summed E-state index contributed by atoms with van der Waals surface area (Å²) in [7, 11) is 0. The number of carbonyl (C=O) groups excluding carboxylic acids is 1. The van der Waals surface area contributed by atoms with Crippen LogP contribution in [-0.2, 0) is 0 Å². The van der Waals surface area contributed by atoms with Gasteiger partial charge in [-0.15, -0.1) is 12.4 Å². The average Bonchev–Trinajstić information content (AvgIpc) is 2.69. The quantitative estimate of drug-likeness (QED) is 0.577. The molecule has 1 heterocycles. The molecule has 0 aromatic heterocycles. The predicted molar refractivity (Wildman–Crippen MR) is 79.9 cm³/mol. The number of nitrogens with two attached hydrogens (primary N) is 1. The Labute approximate surface area is 129 Å². The van der Waals surface area contributed by atoms with Crippen LogP contribution in [0.25, 0.3) is 0 Å². The maximum Gasteiger partial charge on any atom is 0.255 e. The molecule has 0 spiro atoms. The molecule has 0 bridgehead atoms. The van der Waals surface area contributed by atoms with Crippen LogP contribution in [0.2, 0.25) is 5.02 Å². The Morgan fingerprint density at radius 2 is 2.22 bits per heavy atom. The molecular formula is C11H12Cl2FIN2O. The molecule has 1 atom stereocenters. The highest BCUT2D eigenvalue weighted by Gasteiger charge is 2.26. The van der Waals surface area contributed by atoms with E-state index in [9.17, 15) is 9.18 Å². The molecular weight excluding hydrogens is 393 g/mol. The SMILES string of the molecule is Cl.N[C@@H]1CCN(C(=O)c2cc(I)c(F)cc2Cl)C1. The summed E-state index contributed by atoms with van der Waals surface area (Å²) in [5.41, 5.74) is 6.08. The van der Waals surface area contributed by atoms with Crippen molar-refractivity contribution in [2.75, 3.05) is 13.1 Å². The molecule has 0 radical (unpaired) electrons. The highest BCUT2D eigenvalue weighted by Crippen LogP contribution is 2.24. The first-order valence-corrected chi connectivity index (χ1v) is 6.64. The van der Waals surface area contributed by atoms with Gasteiger partial charge in [-0.05, 0) is 41.1 Å². The zero-order valence-corrected chi connectivity index (χ0v) is 13.1. The van der Waals surface area contributed by atoms with Crippen LogP contribution in [0, 0.1) is 9.39 Å². The predicted octanol–water partition coefficient (Wildman–Crippen LogP) is 2.68. The maximum atomic E-state index is 13.2. The summed E-state index contributed by atoms with van der Waals surface area (Å²) in [6, 6.07) is 2.67. The van der Waals surface area contributed by atoms with E-state index >= 15 is 0 Å². The van der Waals surface area contributed by atoms with Crippen LogP contribution in [-0.4, -0.2) is 29.9 Å². The molecule has 1 aromatic carbocycles. The van der Waals surface area contributed by atoms with E-state index in [1.807, 2.05) is 22.6 Å². The zero-order chi connectivity index (χ0) is 12.6. The molecule has 3 nitrogen and oxygen atoms in total. The fraction of sp³-hybridized carbons (Fsp3) is 0.364. The first-order valence-electron chi connectivity index (χ1n) is 5.18. The van der Waals surface area contributed by atoms with E-state index in [0.29, 0.717) is 22.2 Å². The lowest BCUT2D eigenvalue weighted by Gasteiger charge is -2.16. The second-order valence-electron chi connectivity index (χ2n) is 4.05. The van der Waals surface area contributed by atoms with Crippen LogP contribution in [0.15, 0.2) is 12.1 Å². The van der Waals surface area contributed by atoms with Crippen molar-refractivity contribution < 1.29 is 9.18 Å². The standard InChI is InChI=1S/C11H11ClFIN2O.ClH/c12-8-4-9(13)10(14)3-7(8)11(17)16-2-1-6(15)5-16;/h3-4,6H,1-2,5,15H2;1H/t6-;/m1./s1. The Kier molecular flexibility index (Phi) is 5.64. The number of halogens is 4. The van der Waals surface area contributed by atoms with Crippen LogP contribution in [0.4, 0.5) is 4.39 Å². The summed E-state index contributed by atoms with van der Waals surface area (Å²) in [5, 5.41) is 0.147. The third-order valence-corrected chi connectivity index (χ3v) is 3.89. The lowest BCUT2D eigenvalue weighted by atomic mass is 10.2. The minimum absolute atomic E-state index is 0. The highest BCUT2D eigenvalue weighted by molar-refractivity contribution is 14.1. The molecule has 1 aliphatic rings. The molecule has 0 saturated carbocycles. The zero-order valence-electron chi connectivity index (χ0n) is 9.33. The van der Waals surface area contributed by atoms with Gasteiger partial charge in [0.25, 0.3) is 5.91 Å². The van der Waals surface area contributed by atoms with Crippen LogP contribution < -0.4 is 5.73 Å². The molecule has 0 unspecified atom stereocenters. The van der Waals surface area contributed by atoms with Gasteiger partial charge in [-0.3, -0.25) is 4.79 Å². The molecule has 1 fully saturated rings. The normalized spacial score (nSPS) is 18.7. The van der Waals surface area contributed by atoms with E-state index in [1.54, 1.807) is 4.90 Å². The van der Waals surface area contributed by atoms with Crippen molar-refractivity contribution in [3.8, 4) is 0 Å². The third-order valence-electron chi connectivity index (χ3n) is 2.75. The molecule has 7 heteroatoms. The van der Waals surface area contributed by atoms with Gasteiger partial charge in [-0.2, -0.15) is 0 Å². The summed E-state index contributed by atoms with van der Waals surface area (Å²) in [4.78, 5) is 13.8. The fourth-order valence-electron chi connectivity index (χ4n) is 1.83. The first kappa shape index (κ1) is 15.9. The third kappa shape index (κ3) is 3.26. The maximum absolute atomic E-state index is 13.2. The Bertz CT molecular complexity index is 473. The monoisotopic (exact) mass is 404 g/mol. The summed E-state index contributed by atoms with van der Waals surface area (Å²) < 4.78 is 13.6. The molecule has 0 aliphatic carbocycles. The molecule has 100 valence electrons. The Morgan fingerprint density at radius 1 is 1.56 bits per heavy atom. The van der Waals surface area contributed by atoms with Crippen molar-refractivity contribution in [2.45, 2.75) is 12.5 Å². The number of carbonyl (C=O) groups is 1. The largest absolute Gasteiger partial charge is 0.337 e. The first-order chi connectivity index (χ1) is 7.99. The Morgan fingerprint density at radius 3 is 2.78 bits per heavy atom. The van der Waals surface area contributed by atoms with Gasteiger partial charge in [0, 0.05) is 22.7 Å². The van der Waals surface area contributed by atoms with E-state index in [0.717, 1.165) is 6.42 Å². The highest BCUT2D eigenvalue weighted by atomic mass is 127.